The van der Waals surface area contributed by atoms with Crippen LogP contribution >= 0.6 is 0 Å². The van der Waals surface area contributed by atoms with Crippen LogP contribution in [0.1, 0.15) is 0 Å². The second kappa shape index (κ2) is 3.30. The van der Waals surface area contributed by atoms with Gasteiger partial charge in [-0.1, -0.05) is 0 Å². The Balaban J connectivity index is 2.00. The topological polar surface area (TPSA) is 50.4 Å². The van der Waals surface area contributed by atoms with E-state index in [1.54, 1.807) is 0 Å². The summed E-state index contributed by atoms with van der Waals surface area (Å²) in [6.07, 6.45) is 0.417. The van der Waals surface area contributed by atoms with Crippen molar-refractivity contribution in [2.24, 2.45) is 0 Å². The van der Waals surface area contributed by atoms with E-state index in [1.165, 1.54) is 0 Å². The Morgan fingerprint density at radius 2 is 1.70 bits per heavy atom. The molecule has 10 heavy (non-hydrogen) atoms. The highest BCUT2D eigenvalue weighted by Crippen LogP contribution is 1.94. The summed E-state index contributed by atoms with van der Waals surface area (Å²) in [4.78, 5) is 4.42. The zero-order chi connectivity index (χ0) is 7.56. The Morgan fingerprint density at radius 3 is 2.10 bits per heavy atom. The molecule has 1 aliphatic heterocycles. The van der Waals surface area contributed by atoms with E-state index in [2.05, 4.69) is 41.8 Å². The van der Waals surface area contributed by atoms with Crippen LogP contribution in [0.25, 0.3) is 0 Å². The van der Waals surface area contributed by atoms with E-state index in [4.69, 9.17) is 0 Å². The van der Waals surface area contributed by atoms with Gasteiger partial charge in [0, 0.05) is 13.1 Å². The van der Waals surface area contributed by atoms with Gasteiger partial charge in [-0.15, -0.1) is 0 Å². The summed E-state index contributed by atoms with van der Waals surface area (Å²) < 4.78 is 0. The molecule has 1 aliphatic rings. The van der Waals surface area contributed by atoms with E-state index in [1.807, 2.05) is 0 Å². The molecular formula is C6H16N4. The highest BCUT2D eigenvalue weighted by atomic mass is 15.7. The SMILES string of the molecule is CN(C)CCN(C)C1NN1. The zero-order valence-electron chi connectivity index (χ0n) is 6.89. The molecule has 0 aromatic heterocycles. The molecule has 0 aliphatic carbocycles. The van der Waals surface area contributed by atoms with E-state index in [0.717, 1.165) is 13.1 Å². The molecular weight excluding hydrogens is 128 g/mol. The van der Waals surface area contributed by atoms with Gasteiger partial charge in [-0.3, -0.25) is 4.90 Å². The molecule has 1 heterocycles. The van der Waals surface area contributed by atoms with Crippen LogP contribution < -0.4 is 10.9 Å². The third kappa shape index (κ3) is 2.62. The highest BCUT2D eigenvalue weighted by molar-refractivity contribution is 4.70. The minimum atomic E-state index is 0.417. The van der Waals surface area contributed by atoms with E-state index < -0.39 is 0 Å². The lowest BCUT2D eigenvalue weighted by atomic mass is 10.5. The van der Waals surface area contributed by atoms with Crippen molar-refractivity contribution in [3.8, 4) is 0 Å². The first-order chi connectivity index (χ1) is 4.70. The Hall–Kier alpha value is -0.160. The lowest BCUT2D eigenvalue weighted by molar-refractivity contribution is 0.267. The van der Waals surface area contributed by atoms with Crippen LogP contribution in [0.15, 0.2) is 0 Å². The average Bonchev–Trinajstić information content (AvgIpc) is 2.63. The van der Waals surface area contributed by atoms with Crippen molar-refractivity contribution in [3.63, 3.8) is 0 Å². The van der Waals surface area contributed by atoms with Crippen LogP contribution in [0.4, 0.5) is 0 Å². The summed E-state index contributed by atoms with van der Waals surface area (Å²) in [6, 6.07) is 0. The molecule has 0 aromatic carbocycles. The van der Waals surface area contributed by atoms with Gasteiger partial charge < -0.3 is 4.90 Å². The summed E-state index contributed by atoms with van der Waals surface area (Å²) in [7, 11) is 6.27. The fourth-order valence-electron chi connectivity index (χ4n) is 0.744. The van der Waals surface area contributed by atoms with E-state index in [0.29, 0.717) is 6.29 Å². The van der Waals surface area contributed by atoms with Crippen molar-refractivity contribution in [2.75, 3.05) is 34.2 Å². The Labute approximate surface area is 62.1 Å². The Kier molecular flexibility index (Phi) is 2.62. The van der Waals surface area contributed by atoms with Crippen molar-refractivity contribution in [3.05, 3.63) is 0 Å². The van der Waals surface area contributed by atoms with Gasteiger partial charge in [-0.2, -0.15) is 0 Å². The molecule has 0 unspecified atom stereocenters. The van der Waals surface area contributed by atoms with Crippen LogP contribution in [-0.4, -0.2) is 50.3 Å². The maximum atomic E-state index is 3.02. The first kappa shape index (κ1) is 7.94. The molecule has 0 spiro atoms. The van der Waals surface area contributed by atoms with Gasteiger partial charge in [0.2, 0.25) is 0 Å². The maximum Gasteiger partial charge on any atom is 0.139 e. The first-order valence-electron chi connectivity index (χ1n) is 3.56. The molecule has 0 aromatic rings. The fourth-order valence-corrected chi connectivity index (χ4v) is 0.744. The predicted molar refractivity (Wildman–Crippen MR) is 41.2 cm³/mol. The van der Waals surface area contributed by atoms with Crippen LogP contribution in [0, 0.1) is 0 Å². The summed E-state index contributed by atoms with van der Waals surface area (Å²) in [5, 5.41) is 0. The molecule has 1 rings (SSSR count). The van der Waals surface area contributed by atoms with Crippen LogP contribution in [-0.2, 0) is 0 Å². The van der Waals surface area contributed by atoms with Crippen molar-refractivity contribution < 1.29 is 0 Å². The van der Waals surface area contributed by atoms with Crippen LogP contribution in [0.2, 0.25) is 0 Å². The van der Waals surface area contributed by atoms with Gasteiger partial charge in [0.1, 0.15) is 6.29 Å². The lowest BCUT2D eigenvalue weighted by Crippen LogP contribution is -2.32. The summed E-state index contributed by atoms with van der Waals surface area (Å²) in [5.41, 5.74) is 6.03. The standard InChI is InChI=1S/C6H16N4/c1-9(2)4-5-10(3)6-7-8-6/h6-8H,4-5H2,1-3H3. The summed E-state index contributed by atoms with van der Waals surface area (Å²) in [5.74, 6) is 0. The fraction of sp³-hybridized carbons (Fsp3) is 1.00. The molecule has 0 atom stereocenters. The number of rotatable bonds is 4. The molecule has 4 heteroatoms. The van der Waals surface area contributed by atoms with E-state index >= 15 is 0 Å². The first-order valence-corrected chi connectivity index (χ1v) is 3.56. The molecule has 0 amide bonds. The number of nitrogens with one attached hydrogen (secondary N) is 2. The van der Waals surface area contributed by atoms with E-state index in [9.17, 15) is 0 Å². The molecule has 0 saturated carbocycles. The van der Waals surface area contributed by atoms with Crippen LogP contribution in [0.5, 0.6) is 0 Å². The zero-order valence-corrected chi connectivity index (χ0v) is 6.89. The molecule has 0 bridgehead atoms. The smallest absolute Gasteiger partial charge is 0.139 e. The number of hydrogen-bond acceptors (Lipinski definition) is 4. The average molecular weight is 144 g/mol. The predicted octanol–water partition coefficient (Wildman–Crippen LogP) is -1.13. The van der Waals surface area contributed by atoms with Gasteiger partial charge in [-0.25, -0.2) is 10.9 Å². The maximum absolute atomic E-state index is 3.02. The van der Waals surface area contributed by atoms with Crippen LogP contribution in [0.3, 0.4) is 0 Å². The third-order valence-corrected chi connectivity index (χ3v) is 1.61. The number of likely N-dealkylation sites (N-methyl/N-ethyl adjacent to an activating group) is 2. The minimum absolute atomic E-state index is 0.417. The van der Waals surface area contributed by atoms with Gasteiger partial charge in [0.05, 0.1) is 0 Å². The largest absolute Gasteiger partial charge is 0.308 e. The van der Waals surface area contributed by atoms with Gasteiger partial charge in [0.25, 0.3) is 0 Å². The molecule has 1 fully saturated rings. The number of hydrazine groups is 1. The van der Waals surface area contributed by atoms with E-state index in [-0.39, 0.29) is 0 Å². The van der Waals surface area contributed by atoms with Crippen molar-refractivity contribution in [1.29, 1.82) is 0 Å². The van der Waals surface area contributed by atoms with Gasteiger partial charge in [-0.05, 0) is 21.1 Å². The molecule has 60 valence electrons. The second-order valence-corrected chi connectivity index (χ2v) is 2.98. The minimum Gasteiger partial charge on any atom is -0.308 e. The highest BCUT2D eigenvalue weighted by Gasteiger charge is 2.23. The summed E-state index contributed by atoms with van der Waals surface area (Å²) in [6.45, 7) is 2.20. The normalized spacial score (nSPS) is 18.9. The molecule has 0 radical (unpaired) electrons. The Morgan fingerprint density at radius 1 is 1.10 bits per heavy atom. The van der Waals surface area contributed by atoms with Gasteiger partial charge in [0.15, 0.2) is 0 Å². The Bertz CT molecular complexity index is 99.9. The van der Waals surface area contributed by atoms with Gasteiger partial charge >= 0.3 is 0 Å². The molecule has 4 nitrogen and oxygen atoms in total. The second-order valence-electron chi connectivity index (χ2n) is 2.98. The number of nitrogens with zero attached hydrogens (tertiary/aromatic N) is 2. The summed E-state index contributed by atoms with van der Waals surface area (Å²) >= 11 is 0. The number of hydrogen-bond donors (Lipinski definition) is 2. The molecule has 2 N–H and O–H groups in total. The molecule has 1 saturated heterocycles. The van der Waals surface area contributed by atoms with Crippen molar-refractivity contribution in [1.82, 2.24) is 20.7 Å². The third-order valence-electron chi connectivity index (χ3n) is 1.61. The quantitative estimate of drug-likeness (QED) is 0.490. The van der Waals surface area contributed by atoms with Crippen molar-refractivity contribution >= 4 is 0 Å². The lowest BCUT2D eigenvalue weighted by Gasteiger charge is -2.16. The monoisotopic (exact) mass is 144 g/mol. The van der Waals surface area contributed by atoms with Crippen molar-refractivity contribution in [2.45, 2.75) is 6.29 Å².